The average Bonchev–Trinajstić information content (AvgIpc) is 3.16. The summed E-state index contributed by atoms with van der Waals surface area (Å²) in [5.41, 5.74) is 1.43. The molecule has 0 saturated heterocycles. The minimum atomic E-state index is -1.04. The van der Waals surface area contributed by atoms with E-state index < -0.39 is 29.2 Å². The Morgan fingerprint density at radius 2 is 1.79 bits per heavy atom. The van der Waals surface area contributed by atoms with Gasteiger partial charge in [-0.3, -0.25) is 14.5 Å². The number of nitrogens with zero attached hydrogens (tertiary/aromatic N) is 1. The number of ether oxygens (including phenoxy) is 1. The number of amides is 1. The number of benzene rings is 2. The topological polar surface area (TPSA) is 46.6 Å². The number of rotatable bonds is 2. The van der Waals surface area contributed by atoms with E-state index in [4.69, 9.17) is 4.74 Å². The number of carbonyl (C=O) groups is 2. The molecule has 2 aromatic rings. The number of Topliss-reactive ketones (excluding diaryl/α,β-unsaturated/α-hetero) is 1. The third kappa shape index (κ3) is 3.55. The van der Waals surface area contributed by atoms with Crippen molar-refractivity contribution in [2.75, 3.05) is 0 Å². The molecule has 6 heteroatoms. The van der Waals surface area contributed by atoms with Crippen LogP contribution in [0.25, 0.3) is 0 Å². The minimum absolute atomic E-state index is 0.0329. The largest absolute Gasteiger partial charge is 0.429 e. The summed E-state index contributed by atoms with van der Waals surface area (Å²) < 4.78 is 32.2. The zero-order chi connectivity index (χ0) is 20.5. The molecule has 0 radical (unpaired) electrons. The minimum Gasteiger partial charge on any atom is -0.429 e. The van der Waals surface area contributed by atoms with Crippen molar-refractivity contribution >= 4 is 11.7 Å². The predicted octanol–water partition coefficient (Wildman–Crippen LogP) is 3.69. The number of carbonyl (C=O) groups excluding carboxylic acids is 2. The number of fused-ring (bicyclic) bond motifs is 1. The Bertz CT molecular complexity index is 1140. The van der Waals surface area contributed by atoms with Gasteiger partial charge in [0.1, 0.15) is 5.92 Å². The molecule has 1 unspecified atom stereocenters. The standard InChI is InChI=1S/C23H15F2NO3/c1-14-21(27)18(11-16-8-10-19(24)20(25)12-16)22(28)26-13-17(29-23(14)26)9-7-15-5-3-2-4-6-15/h2-6,8,10,12-13,18H,11H2,1H3. The zero-order valence-electron chi connectivity index (χ0n) is 15.4. The second-order valence-corrected chi connectivity index (χ2v) is 6.72. The van der Waals surface area contributed by atoms with Gasteiger partial charge in [-0.05, 0) is 49.1 Å². The van der Waals surface area contributed by atoms with Crippen molar-refractivity contribution in [3.63, 3.8) is 0 Å². The van der Waals surface area contributed by atoms with Crippen LogP contribution in [-0.4, -0.2) is 16.6 Å². The number of allylic oxidation sites excluding steroid dienone is 2. The second kappa shape index (κ2) is 7.36. The smallest absolute Gasteiger partial charge is 0.244 e. The van der Waals surface area contributed by atoms with Gasteiger partial charge in [0.25, 0.3) is 0 Å². The van der Waals surface area contributed by atoms with E-state index in [1.165, 1.54) is 17.2 Å². The Hall–Kier alpha value is -3.72. The molecule has 4 rings (SSSR count). The maximum Gasteiger partial charge on any atom is 0.244 e. The summed E-state index contributed by atoms with van der Waals surface area (Å²) in [6, 6.07) is 12.6. The molecule has 0 aliphatic carbocycles. The van der Waals surface area contributed by atoms with Crippen LogP contribution in [-0.2, 0) is 20.7 Å². The van der Waals surface area contributed by atoms with Crippen LogP contribution >= 0.6 is 0 Å². The van der Waals surface area contributed by atoms with Gasteiger partial charge in [0.05, 0.1) is 11.8 Å². The van der Waals surface area contributed by atoms with Gasteiger partial charge in [-0.15, -0.1) is 0 Å². The average molecular weight is 391 g/mol. The quantitative estimate of drug-likeness (QED) is 0.580. The third-order valence-corrected chi connectivity index (χ3v) is 4.74. The molecule has 144 valence electrons. The first kappa shape index (κ1) is 18.6. The highest BCUT2D eigenvalue weighted by molar-refractivity contribution is 6.13. The van der Waals surface area contributed by atoms with E-state index in [9.17, 15) is 18.4 Å². The first-order chi connectivity index (χ1) is 13.9. The van der Waals surface area contributed by atoms with Crippen LogP contribution in [0.15, 0.2) is 71.9 Å². The van der Waals surface area contributed by atoms with Crippen molar-refractivity contribution in [1.29, 1.82) is 0 Å². The molecular formula is C23H15F2NO3. The fourth-order valence-corrected chi connectivity index (χ4v) is 3.22. The van der Waals surface area contributed by atoms with Gasteiger partial charge in [0.2, 0.25) is 11.8 Å². The molecule has 2 aliphatic heterocycles. The van der Waals surface area contributed by atoms with Crippen molar-refractivity contribution in [1.82, 2.24) is 4.90 Å². The Labute approximate surface area is 166 Å². The van der Waals surface area contributed by atoms with Crippen molar-refractivity contribution in [2.45, 2.75) is 13.3 Å². The first-order valence-electron chi connectivity index (χ1n) is 8.93. The van der Waals surface area contributed by atoms with E-state index in [-0.39, 0.29) is 23.6 Å². The lowest BCUT2D eigenvalue weighted by atomic mass is 9.88. The summed E-state index contributed by atoms with van der Waals surface area (Å²) in [5.74, 6) is 2.23. The summed E-state index contributed by atoms with van der Waals surface area (Å²) >= 11 is 0. The number of ketones is 1. The molecule has 1 atom stereocenters. The summed E-state index contributed by atoms with van der Waals surface area (Å²) in [5, 5.41) is 0. The number of halogens is 2. The van der Waals surface area contributed by atoms with Crippen LogP contribution < -0.4 is 0 Å². The molecule has 2 aliphatic rings. The molecule has 2 aromatic carbocycles. The van der Waals surface area contributed by atoms with Gasteiger partial charge in [-0.1, -0.05) is 30.2 Å². The highest BCUT2D eigenvalue weighted by Crippen LogP contribution is 2.33. The fourth-order valence-electron chi connectivity index (χ4n) is 3.22. The monoisotopic (exact) mass is 391 g/mol. The zero-order valence-corrected chi connectivity index (χ0v) is 15.4. The van der Waals surface area contributed by atoms with Crippen LogP contribution in [0.2, 0.25) is 0 Å². The summed E-state index contributed by atoms with van der Waals surface area (Å²) in [6.45, 7) is 1.57. The molecule has 0 saturated carbocycles. The van der Waals surface area contributed by atoms with Crippen molar-refractivity contribution < 1.29 is 23.1 Å². The number of hydrogen-bond donors (Lipinski definition) is 0. The van der Waals surface area contributed by atoms with Crippen LogP contribution in [0, 0.1) is 29.4 Å². The Morgan fingerprint density at radius 1 is 1.03 bits per heavy atom. The van der Waals surface area contributed by atoms with E-state index in [1.54, 1.807) is 6.92 Å². The lowest BCUT2D eigenvalue weighted by molar-refractivity contribution is -0.139. The number of hydrogen-bond acceptors (Lipinski definition) is 3. The van der Waals surface area contributed by atoms with Crippen molar-refractivity contribution in [3.05, 3.63) is 94.7 Å². The van der Waals surface area contributed by atoms with Gasteiger partial charge in [0.15, 0.2) is 23.2 Å². The molecule has 0 N–H and O–H groups in total. The second-order valence-electron chi connectivity index (χ2n) is 6.72. The van der Waals surface area contributed by atoms with Crippen LogP contribution in [0.1, 0.15) is 18.1 Å². The SMILES string of the molecule is CC1=C2OC(C#Cc3ccccc3)=CN2C(=O)C(Cc2ccc(F)c(F)c2)C1=O. The van der Waals surface area contributed by atoms with Gasteiger partial charge in [0, 0.05) is 5.56 Å². The molecule has 4 nitrogen and oxygen atoms in total. The summed E-state index contributed by atoms with van der Waals surface area (Å²) in [4.78, 5) is 26.8. The Kier molecular flexibility index (Phi) is 4.73. The van der Waals surface area contributed by atoms with Crippen LogP contribution in [0.5, 0.6) is 0 Å². The summed E-state index contributed by atoms with van der Waals surface area (Å²) in [7, 11) is 0. The van der Waals surface area contributed by atoms with Crippen LogP contribution in [0.3, 0.4) is 0 Å². The highest BCUT2D eigenvalue weighted by atomic mass is 19.2. The van der Waals surface area contributed by atoms with E-state index in [2.05, 4.69) is 11.8 Å². The van der Waals surface area contributed by atoms with E-state index >= 15 is 0 Å². The first-order valence-corrected chi connectivity index (χ1v) is 8.93. The molecule has 2 heterocycles. The molecular weight excluding hydrogens is 376 g/mol. The van der Waals surface area contributed by atoms with Crippen molar-refractivity contribution in [2.24, 2.45) is 5.92 Å². The normalized spacial score (nSPS) is 18.1. The Balaban J connectivity index is 1.60. The highest BCUT2D eigenvalue weighted by Gasteiger charge is 2.42. The lowest BCUT2D eigenvalue weighted by Gasteiger charge is -2.27. The van der Waals surface area contributed by atoms with Gasteiger partial charge in [-0.25, -0.2) is 8.78 Å². The van der Waals surface area contributed by atoms with E-state index in [1.807, 2.05) is 30.3 Å². The molecule has 1 amide bonds. The summed E-state index contributed by atoms with van der Waals surface area (Å²) in [6.07, 6.45) is 1.41. The maximum atomic E-state index is 13.5. The van der Waals surface area contributed by atoms with Gasteiger partial charge in [-0.2, -0.15) is 0 Å². The van der Waals surface area contributed by atoms with Gasteiger partial charge >= 0.3 is 0 Å². The van der Waals surface area contributed by atoms with Crippen LogP contribution in [0.4, 0.5) is 8.78 Å². The van der Waals surface area contributed by atoms with Gasteiger partial charge < -0.3 is 4.74 Å². The third-order valence-electron chi connectivity index (χ3n) is 4.74. The van der Waals surface area contributed by atoms with E-state index in [0.29, 0.717) is 5.56 Å². The fraction of sp³-hybridized carbons (Fsp3) is 0.130. The molecule has 29 heavy (non-hydrogen) atoms. The maximum absolute atomic E-state index is 13.5. The molecule has 0 fully saturated rings. The molecule has 0 bridgehead atoms. The predicted molar refractivity (Wildman–Crippen MR) is 101 cm³/mol. The molecule has 0 aromatic heterocycles. The molecule has 0 spiro atoms. The van der Waals surface area contributed by atoms with E-state index in [0.717, 1.165) is 17.7 Å². The Morgan fingerprint density at radius 3 is 2.52 bits per heavy atom. The lowest BCUT2D eigenvalue weighted by Crippen LogP contribution is -2.41. The van der Waals surface area contributed by atoms with Crippen molar-refractivity contribution in [3.8, 4) is 11.8 Å².